The Kier molecular flexibility index (Phi) is 5.09. The fraction of sp³-hybridized carbons (Fsp3) is 0.143. The second kappa shape index (κ2) is 7.62. The van der Waals surface area contributed by atoms with Crippen molar-refractivity contribution in [1.29, 1.82) is 0 Å². The predicted molar refractivity (Wildman–Crippen MR) is 97.1 cm³/mol. The van der Waals surface area contributed by atoms with Gasteiger partial charge in [0.25, 0.3) is 0 Å². The number of aromatic nitrogens is 1. The number of rotatable bonds is 5. The average molecular weight is 333 g/mol. The van der Waals surface area contributed by atoms with Crippen LogP contribution in [0.3, 0.4) is 0 Å². The van der Waals surface area contributed by atoms with Crippen LogP contribution < -0.4 is 0 Å². The highest BCUT2D eigenvalue weighted by atomic mass is 16.5. The minimum Gasteiger partial charge on any atom is -0.507 e. The number of ether oxygens (including phenoxy) is 1. The lowest BCUT2D eigenvalue weighted by Gasteiger charge is -2.10. The van der Waals surface area contributed by atoms with Gasteiger partial charge in [0.05, 0.1) is 24.4 Å². The summed E-state index contributed by atoms with van der Waals surface area (Å²) in [7, 11) is 0. The van der Waals surface area contributed by atoms with Crippen LogP contribution in [0, 0.1) is 0 Å². The molecule has 4 nitrogen and oxygen atoms in total. The van der Waals surface area contributed by atoms with E-state index >= 15 is 0 Å². The Hall–Kier alpha value is -3.14. The van der Waals surface area contributed by atoms with Gasteiger partial charge >= 0.3 is 5.97 Å². The van der Waals surface area contributed by atoms with Crippen LogP contribution in [0.2, 0.25) is 0 Å². The molecule has 1 N–H and O–H groups in total. The fourth-order valence-electron chi connectivity index (χ4n) is 2.66. The third kappa shape index (κ3) is 4.04. The van der Waals surface area contributed by atoms with Crippen molar-refractivity contribution in [1.82, 2.24) is 4.98 Å². The van der Waals surface area contributed by atoms with E-state index in [0.29, 0.717) is 23.6 Å². The van der Waals surface area contributed by atoms with Gasteiger partial charge in [-0.2, -0.15) is 0 Å². The number of hydrogen-bond acceptors (Lipinski definition) is 4. The molecule has 0 saturated heterocycles. The summed E-state index contributed by atoms with van der Waals surface area (Å²) in [5, 5.41) is 10.2. The molecule has 3 rings (SSSR count). The summed E-state index contributed by atoms with van der Waals surface area (Å²) in [6.07, 6.45) is 0.0924. The van der Waals surface area contributed by atoms with Crippen molar-refractivity contribution in [3.8, 4) is 28.1 Å². The number of benzene rings is 2. The molecule has 0 spiro atoms. The molecule has 2 aromatic carbocycles. The lowest BCUT2D eigenvalue weighted by atomic mass is 10.0. The lowest BCUT2D eigenvalue weighted by Crippen LogP contribution is -2.09. The molecule has 0 aliphatic rings. The maximum atomic E-state index is 11.9. The summed E-state index contributed by atoms with van der Waals surface area (Å²) >= 11 is 0. The van der Waals surface area contributed by atoms with Crippen LogP contribution in [0.4, 0.5) is 0 Å². The van der Waals surface area contributed by atoms with E-state index in [1.807, 2.05) is 48.5 Å². The van der Waals surface area contributed by atoms with E-state index in [2.05, 4.69) is 4.98 Å². The zero-order chi connectivity index (χ0) is 17.6. The molecule has 25 heavy (non-hydrogen) atoms. The SMILES string of the molecule is CCOC(=O)Cc1cc(-c2ccccc2)cc(-c2ccccc2O)n1. The van der Waals surface area contributed by atoms with Crippen LogP contribution in [0.25, 0.3) is 22.4 Å². The van der Waals surface area contributed by atoms with Gasteiger partial charge in [0.15, 0.2) is 0 Å². The summed E-state index contributed by atoms with van der Waals surface area (Å²) in [4.78, 5) is 16.4. The van der Waals surface area contributed by atoms with Gasteiger partial charge in [-0.25, -0.2) is 0 Å². The Bertz CT molecular complexity index is 875. The molecule has 1 aromatic heterocycles. The number of hydrogen-bond donors (Lipinski definition) is 1. The second-order valence-electron chi connectivity index (χ2n) is 5.60. The highest BCUT2D eigenvalue weighted by Gasteiger charge is 2.12. The first kappa shape index (κ1) is 16.7. The number of aromatic hydroxyl groups is 1. The Labute approximate surface area is 146 Å². The third-order valence-electron chi connectivity index (χ3n) is 3.80. The van der Waals surface area contributed by atoms with Gasteiger partial charge in [-0.1, -0.05) is 42.5 Å². The molecule has 0 amide bonds. The molecule has 0 radical (unpaired) electrons. The summed E-state index contributed by atoms with van der Waals surface area (Å²) in [5.74, 6) is -0.161. The molecular weight excluding hydrogens is 314 g/mol. The van der Waals surface area contributed by atoms with E-state index in [-0.39, 0.29) is 18.1 Å². The molecule has 0 fully saturated rings. The average Bonchev–Trinajstić information content (AvgIpc) is 2.63. The van der Waals surface area contributed by atoms with Gasteiger partial charge in [-0.3, -0.25) is 9.78 Å². The first-order chi connectivity index (χ1) is 12.2. The number of esters is 1. The zero-order valence-corrected chi connectivity index (χ0v) is 14.0. The van der Waals surface area contributed by atoms with Crippen LogP contribution >= 0.6 is 0 Å². The number of phenolic OH excluding ortho intramolecular Hbond substituents is 1. The Balaban J connectivity index is 2.08. The standard InChI is InChI=1S/C21H19NO3/c1-2-25-21(24)14-17-12-16(15-8-4-3-5-9-15)13-19(22-17)18-10-6-7-11-20(18)23/h3-13,23H,2,14H2,1H3. The van der Waals surface area contributed by atoms with Crippen LogP contribution in [0.1, 0.15) is 12.6 Å². The quantitative estimate of drug-likeness (QED) is 0.710. The fourth-order valence-corrected chi connectivity index (χ4v) is 2.66. The molecule has 0 bridgehead atoms. The Morgan fingerprint density at radius 2 is 1.72 bits per heavy atom. The summed E-state index contributed by atoms with van der Waals surface area (Å²) in [6.45, 7) is 2.11. The van der Waals surface area contributed by atoms with Crippen molar-refractivity contribution in [3.05, 3.63) is 72.4 Å². The predicted octanol–water partition coefficient (Wildman–Crippen LogP) is 4.23. The lowest BCUT2D eigenvalue weighted by molar-refractivity contribution is -0.142. The van der Waals surface area contributed by atoms with Crippen LogP contribution in [0.15, 0.2) is 66.7 Å². The Morgan fingerprint density at radius 1 is 1.00 bits per heavy atom. The summed E-state index contributed by atoms with van der Waals surface area (Å²) < 4.78 is 5.03. The molecule has 0 atom stereocenters. The van der Waals surface area contributed by atoms with Crippen molar-refractivity contribution >= 4 is 5.97 Å². The number of carbonyl (C=O) groups is 1. The topological polar surface area (TPSA) is 59.4 Å². The van der Waals surface area contributed by atoms with Gasteiger partial charge in [0, 0.05) is 5.56 Å². The molecule has 0 unspecified atom stereocenters. The minimum atomic E-state index is -0.316. The number of para-hydroxylation sites is 1. The maximum absolute atomic E-state index is 11.9. The van der Waals surface area contributed by atoms with Gasteiger partial charge in [-0.15, -0.1) is 0 Å². The monoisotopic (exact) mass is 333 g/mol. The summed E-state index contributed by atoms with van der Waals surface area (Å²) in [6, 6.07) is 20.7. The van der Waals surface area contributed by atoms with Crippen molar-refractivity contribution in [2.75, 3.05) is 6.61 Å². The normalized spacial score (nSPS) is 10.4. The van der Waals surface area contributed by atoms with Crippen molar-refractivity contribution in [2.24, 2.45) is 0 Å². The minimum absolute atomic E-state index is 0.0924. The van der Waals surface area contributed by atoms with Crippen molar-refractivity contribution in [3.63, 3.8) is 0 Å². The number of pyridine rings is 1. The van der Waals surface area contributed by atoms with E-state index in [0.717, 1.165) is 11.1 Å². The van der Waals surface area contributed by atoms with Crippen LogP contribution in [-0.2, 0) is 16.0 Å². The maximum Gasteiger partial charge on any atom is 0.311 e. The molecule has 0 saturated carbocycles. The molecule has 1 heterocycles. The molecule has 4 heteroatoms. The van der Waals surface area contributed by atoms with E-state index < -0.39 is 0 Å². The van der Waals surface area contributed by atoms with Gasteiger partial charge in [-0.05, 0) is 42.3 Å². The molecule has 3 aromatic rings. The van der Waals surface area contributed by atoms with Crippen molar-refractivity contribution < 1.29 is 14.6 Å². The second-order valence-corrected chi connectivity index (χ2v) is 5.60. The molecule has 0 aliphatic heterocycles. The first-order valence-electron chi connectivity index (χ1n) is 8.17. The van der Waals surface area contributed by atoms with E-state index in [1.165, 1.54) is 0 Å². The number of carbonyl (C=O) groups excluding carboxylic acids is 1. The first-order valence-corrected chi connectivity index (χ1v) is 8.17. The van der Waals surface area contributed by atoms with Crippen LogP contribution in [0.5, 0.6) is 5.75 Å². The van der Waals surface area contributed by atoms with Gasteiger partial charge in [0.1, 0.15) is 5.75 Å². The summed E-state index contributed by atoms with van der Waals surface area (Å²) in [5.41, 5.74) is 3.82. The molecular formula is C21H19NO3. The molecule has 0 aliphatic carbocycles. The van der Waals surface area contributed by atoms with Gasteiger partial charge in [0.2, 0.25) is 0 Å². The highest BCUT2D eigenvalue weighted by Crippen LogP contribution is 2.31. The largest absolute Gasteiger partial charge is 0.507 e. The Morgan fingerprint density at radius 3 is 2.44 bits per heavy atom. The third-order valence-corrected chi connectivity index (χ3v) is 3.80. The van der Waals surface area contributed by atoms with Crippen LogP contribution in [-0.4, -0.2) is 22.7 Å². The van der Waals surface area contributed by atoms with E-state index in [9.17, 15) is 9.90 Å². The highest BCUT2D eigenvalue weighted by molar-refractivity contribution is 5.77. The van der Waals surface area contributed by atoms with E-state index in [1.54, 1.807) is 25.1 Å². The number of phenols is 1. The number of nitrogens with zero attached hydrogens (tertiary/aromatic N) is 1. The van der Waals surface area contributed by atoms with Crippen molar-refractivity contribution in [2.45, 2.75) is 13.3 Å². The molecule has 126 valence electrons. The smallest absolute Gasteiger partial charge is 0.311 e. The van der Waals surface area contributed by atoms with E-state index in [4.69, 9.17) is 4.74 Å². The zero-order valence-electron chi connectivity index (χ0n) is 14.0. The van der Waals surface area contributed by atoms with Gasteiger partial charge < -0.3 is 9.84 Å².